The third kappa shape index (κ3) is 1.92. The van der Waals surface area contributed by atoms with E-state index in [9.17, 15) is 4.79 Å². The number of hydrogen-bond acceptors (Lipinski definition) is 2. The van der Waals surface area contributed by atoms with Crippen LogP contribution in [-0.2, 0) is 0 Å². The summed E-state index contributed by atoms with van der Waals surface area (Å²) in [7, 11) is 3.50. The van der Waals surface area contributed by atoms with Crippen LogP contribution in [-0.4, -0.2) is 29.9 Å². The standard InChI is InChI=1S/C17H16N2O/c1-11-8-9-12-13-6-4-5-7-15(13)18-16(14(12)10-11)17(20)19(2)3/h4-10H,1-3H3. The van der Waals surface area contributed by atoms with Crippen LogP contribution < -0.4 is 0 Å². The van der Waals surface area contributed by atoms with Crippen molar-refractivity contribution in [2.24, 2.45) is 0 Å². The van der Waals surface area contributed by atoms with Gasteiger partial charge in [-0.2, -0.15) is 0 Å². The summed E-state index contributed by atoms with van der Waals surface area (Å²) in [5, 5.41) is 3.08. The molecule has 1 heterocycles. The zero-order valence-electron chi connectivity index (χ0n) is 11.8. The van der Waals surface area contributed by atoms with Crippen LogP contribution in [0.4, 0.5) is 0 Å². The number of amides is 1. The Kier molecular flexibility index (Phi) is 2.90. The topological polar surface area (TPSA) is 33.2 Å². The van der Waals surface area contributed by atoms with Gasteiger partial charge in [0.25, 0.3) is 5.91 Å². The van der Waals surface area contributed by atoms with Gasteiger partial charge in [-0.15, -0.1) is 0 Å². The molecule has 20 heavy (non-hydrogen) atoms. The van der Waals surface area contributed by atoms with Crippen molar-refractivity contribution in [3.8, 4) is 0 Å². The Morgan fingerprint density at radius 3 is 2.50 bits per heavy atom. The summed E-state index contributed by atoms with van der Waals surface area (Å²) in [5.74, 6) is -0.0636. The Bertz CT molecular complexity index is 822. The lowest BCUT2D eigenvalue weighted by molar-refractivity contribution is 0.0824. The number of nitrogens with zero attached hydrogens (tertiary/aromatic N) is 2. The second kappa shape index (κ2) is 4.60. The summed E-state index contributed by atoms with van der Waals surface area (Å²) in [6, 6.07) is 14.1. The van der Waals surface area contributed by atoms with E-state index in [0.29, 0.717) is 5.69 Å². The highest BCUT2D eigenvalue weighted by Gasteiger charge is 2.16. The van der Waals surface area contributed by atoms with Crippen molar-refractivity contribution in [1.82, 2.24) is 9.88 Å². The molecule has 0 saturated carbocycles. The van der Waals surface area contributed by atoms with Gasteiger partial charge in [0.2, 0.25) is 0 Å². The molecule has 3 heteroatoms. The molecule has 1 amide bonds. The molecular formula is C17H16N2O. The van der Waals surface area contributed by atoms with Crippen molar-refractivity contribution < 1.29 is 4.79 Å². The van der Waals surface area contributed by atoms with Crippen molar-refractivity contribution in [3.63, 3.8) is 0 Å². The van der Waals surface area contributed by atoms with Gasteiger partial charge in [0, 0.05) is 24.9 Å². The highest BCUT2D eigenvalue weighted by molar-refractivity contribution is 6.14. The monoisotopic (exact) mass is 264 g/mol. The van der Waals surface area contributed by atoms with Crippen LogP contribution in [0.15, 0.2) is 42.5 Å². The van der Waals surface area contributed by atoms with Crippen LogP contribution in [0.25, 0.3) is 21.7 Å². The third-order valence-electron chi connectivity index (χ3n) is 3.47. The van der Waals surface area contributed by atoms with E-state index in [2.05, 4.69) is 17.1 Å². The lowest BCUT2D eigenvalue weighted by Crippen LogP contribution is -2.23. The minimum absolute atomic E-state index is 0.0636. The lowest BCUT2D eigenvalue weighted by Gasteiger charge is -2.13. The molecule has 0 spiro atoms. The van der Waals surface area contributed by atoms with E-state index < -0.39 is 0 Å². The van der Waals surface area contributed by atoms with Gasteiger partial charge in [-0.1, -0.05) is 35.9 Å². The maximum Gasteiger partial charge on any atom is 0.272 e. The highest BCUT2D eigenvalue weighted by Crippen LogP contribution is 2.27. The number of carbonyl (C=O) groups excluding carboxylic acids is 1. The molecule has 0 saturated heterocycles. The molecule has 0 unspecified atom stereocenters. The smallest absolute Gasteiger partial charge is 0.272 e. The number of rotatable bonds is 1. The fraction of sp³-hybridized carbons (Fsp3) is 0.176. The molecule has 0 fully saturated rings. The van der Waals surface area contributed by atoms with Crippen molar-refractivity contribution in [3.05, 3.63) is 53.7 Å². The first-order valence-corrected chi connectivity index (χ1v) is 6.58. The zero-order chi connectivity index (χ0) is 14.3. The second-order valence-electron chi connectivity index (χ2n) is 5.23. The molecule has 3 aromatic rings. The summed E-state index contributed by atoms with van der Waals surface area (Å²) in [6.07, 6.45) is 0. The predicted molar refractivity (Wildman–Crippen MR) is 82.0 cm³/mol. The van der Waals surface area contributed by atoms with E-state index in [1.54, 1.807) is 19.0 Å². The highest BCUT2D eigenvalue weighted by atomic mass is 16.2. The summed E-state index contributed by atoms with van der Waals surface area (Å²) in [4.78, 5) is 18.5. The number of benzene rings is 2. The van der Waals surface area contributed by atoms with Gasteiger partial charge in [0.15, 0.2) is 0 Å². The van der Waals surface area contributed by atoms with Gasteiger partial charge in [0.05, 0.1) is 5.52 Å². The van der Waals surface area contributed by atoms with E-state index >= 15 is 0 Å². The second-order valence-corrected chi connectivity index (χ2v) is 5.23. The number of hydrogen-bond donors (Lipinski definition) is 0. The van der Waals surface area contributed by atoms with Gasteiger partial charge < -0.3 is 4.90 Å². The van der Waals surface area contributed by atoms with Crippen molar-refractivity contribution >= 4 is 27.6 Å². The van der Waals surface area contributed by atoms with E-state index in [-0.39, 0.29) is 5.91 Å². The first-order chi connectivity index (χ1) is 9.58. The maximum absolute atomic E-state index is 12.4. The number of aromatic nitrogens is 1. The van der Waals surface area contributed by atoms with Gasteiger partial charge >= 0.3 is 0 Å². The summed E-state index contributed by atoms with van der Waals surface area (Å²) in [5.41, 5.74) is 2.50. The number of carbonyl (C=O) groups is 1. The van der Waals surface area contributed by atoms with E-state index in [1.807, 2.05) is 37.3 Å². The van der Waals surface area contributed by atoms with Crippen LogP contribution in [0.5, 0.6) is 0 Å². The molecule has 1 aromatic heterocycles. The maximum atomic E-state index is 12.4. The number of pyridine rings is 1. The average molecular weight is 264 g/mol. The lowest BCUT2D eigenvalue weighted by atomic mass is 10.0. The first kappa shape index (κ1) is 12.6. The quantitative estimate of drug-likeness (QED) is 0.631. The molecule has 0 bridgehead atoms. The molecule has 0 aliphatic carbocycles. The van der Waals surface area contributed by atoms with Crippen LogP contribution in [0.3, 0.4) is 0 Å². The summed E-state index contributed by atoms with van der Waals surface area (Å²) >= 11 is 0. The van der Waals surface area contributed by atoms with Gasteiger partial charge in [-0.25, -0.2) is 4.98 Å². The molecule has 0 aliphatic rings. The fourth-order valence-electron chi connectivity index (χ4n) is 2.44. The minimum atomic E-state index is -0.0636. The molecular weight excluding hydrogens is 248 g/mol. The molecule has 0 N–H and O–H groups in total. The average Bonchev–Trinajstić information content (AvgIpc) is 2.45. The molecule has 3 rings (SSSR count). The SMILES string of the molecule is Cc1ccc2c(c1)c(C(=O)N(C)C)nc1ccccc12. The Morgan fingerprint density at radius 1 is 1.00 bits per heavy atom. The van der Waals surface area contributed by atoms with Crippen molar-refractivity contribution in [1.29, 1.82) is 0 Å². The van der Waals surface area contributed by atoms with Gasteiger partial charge in [-0.3, -0.25) is 4.79 Å². The molecule has 100 valence electrons. The molecule has 0 radical (unpaired) electrons. The zero-order valence-corrected chi connectivity index (χ0v) is 11.8. The van der Waals surface area contributed by atoms with E-state index in [0.717, 1.165) is 27.2 Å². The van der Waals surface area contributed by atoms with Gasteiger partial charge in [0.1, 0.15) is 5.69 Å². The Hall–Kier alpha value is -2.42. The van der Waals surface area contributed by atoms with Gasteiger partial charge in [-0.05, 0) is 24.4 Å². The Balaban J connectivity index is 2.47. The van der Waals surface area contributed by atoms with Crippen molar-refractivity contribution in [2.45, 2.75) is 6.92 Å². The normalized spacial score (nSPS) is 10.9. The van der Waals surface area contributed by atoms with Crippen LogP contribution in [0.2, 0.25) is 0 Å². The van der Waals surface area contributed by atoms with Crippen LogP contribution in [0, 0.1) is 6.92 Å². The molecule has 0 atom stereocenters. The van der Waals surface area contributed by atoms with Crippen molar-refractivity contribution in [2.75, 3.05) is 14.1 Å². The number of aryl methyl sites for hydroxylation is 1. The van der Waals surface area contributed by atoms with E-state index in [4.69, 9.17) is 0 Å². The molecule has 0 aliphatic heterocycles. The largest absolute Gasteiger partial charge is 0.343 e. The molecule has 3 nitrogen and oxygen atoms in total. The number of fused-ring (bicyclic) bond motifs is 3. The third-order valence-corrected chi connectivity index (χ3v) is 3.47. The van der Waals surface area contributed by atoms with E-state index in [1.165, 1.54) is 0 Å². The Morgan fingerprint density at radius 2 is 1.75 bits per heavy atom. The minimum Gasteiger partial charge on any atom is -0.343 e. The Labute approximate surface area is 117 Å². The fourth-order valence-corrected chi connectivity index (χ4v) is 2.44. The summed E-state index contributed by atoms with van der Waals surface area (Å²) < 4.78 is 0. The summed E-state index contributed by atoms with van der Waals surface area (Å²) in [6.45, 7) is 2.03. The first-order valence-electron chi connectivity index (χ1n) is 6.58. The predicted octanol–water partition coefficient (Wildman–Crippen LogP) is 3.40. The van der Waals surface area contributed by atoms with Crippen LogP contribution >= 0.6 is 0 Å². The van der Waals surface area contributed by atoms with Crippen LogP contribution in [0.1, 0.15) is 16.1 Å². The molecule has 2 aromatic carbocycles. The number of para-hydroxylation sites is 1.